The van der Waals surface area contributed by atoms with Gasteiger partial charge in [0.15, 0.2) is 0 Å². The van der Waals surface area contributed by atoms with E-state index in [0.717, 1.165) is 62.4 Å². The second kappa shape index (κ2) is 8.53. The molecular weight excluding hydrogens is 351 g/mol. The molecule has 1 aromatic rings. The van der Waals surface area contributed by atoms with Gasteiger partial charge in [0.1, 0.15) is 0 Å². The normalized spacial score (nSPS) is 22.4. The molecule has 7 heteroatoms. The summed E-state index contributed by atoms with van der Waals surface area (Å²) in [6.07, 6.45) is 2.48. The van der Waals surface area contributed by atoms with Crippen molar-refractivity contribution in [3.63, 3.8) is 0 Å². The largest absolute Gasteiger partial charge is 0.494 e. The summed E-state index contributed by atoms with van der Waals surface area (Å²) in [7, 11) is 1.81. The molecule has 154 valence electrons. The molecule has 28 heavy (non-hydrogen) atoms. The van der Waals surface area contributed by atoms with Crippen LogP contribution in [0.4, 0.5) is 5.69 Å². The van der Waals surface area contributed by atoms with Crippen LogP contribution in [0, 0.1) is 5.41 Å². The summed E-state index contributed by atoms with van der Waals surface area (Å²) in [6.45, 7) is 14.9. The molecule has 1 aromatic carbocycles. The highest BCUT2D eigenvalue weighted by Crippen LogP contribution is 2.36. The summed E-state index contributed by atoms with van der Waals surface area (Å²) in [6, 6.07) is 6.03. The minimum atomic E-state index is -0.379. The van der Waals surface area contributed by atoms with Crippen LogP contribution in [0.3, 0.4) is 0 Å². The van der Waals surface area contributed by atoms with Gasteiger partial charge in [0.05, 0.1) is 11.2 Å². The van der Waals surface area contributed by atoms with E-state index < -0.39 is 0 Å². The molecule has 0 saturated carbocycles. The zero-order valence-electron chi connectivity index (χ0n) is 18.0. The average molecular weight is 386 g/mol. The molecular formula is C21H35BN4O2. The zero-order chi connectivity index (χ0) is 20.4. The maximum absolute atomic E-state index is 7.71. The Labute approximate surface area is 170 Å². The molecule has 0 unspecified atom stereocenters. The number of likely N-dealkylation sites (N-methyl/N-ethyl adjacent to an activating group) is 1. The van der Waals surface area contributed by atoms with Crippen molar-refractivity contribution < 1.29 is 9.31 Å². The first-order chi connectivity index (χ1) is 13.2. The Kier molecular flexibility index (Phi) is 6.49. The van der Waals surface area contributed by atoms with Gasteiger partial charge in [-0.3, -0.25) is 0 Å². The van der Waals surface area contributed by atoms with Crippen LogP contribution in [-0.4, -0.2) is 80.7 Å². The van der Waals surface area contributed by atoms with E-state index in [4.69, 9.17) is 14.7 Å². The number of hydrogen-bond acceptors (Lipinski definition) is 6. The third-order valence-electron chi connectivity index (χ3n) is 6.32. The standard InChI is InChI=1S/C21H35BN4O2/c1-20(2)21(3,4)28-22(27-20)18-8-7-17(16-23)19(15-18)24-9-6-10-26-13-11-25(5)12-14-26/h7-8,15-16,23-24H,6,9-14H2,1-5H3. The molecule has 2 saturated heterocycles. The van der Waals surface area contributed by atoms with Crippen molar-refractivity contribution in [3.8, 4) is 0 Å². The van der Waals surface area contributed by atoms with Crippen molar-refractivity contribution in [1.82, 2.24) is 9.80 Å². The lowest BCUT2D eigenvalue weighted by atomic mass is 9.78. The van der Waals surface area contributed by atoms with Crippen LogP contribution in [-0.2, 0) is 9.31 Å². The van der Waals surface area contributed by atoms with E-state index in [-0.39, 0.29) is 18.3 Å². The third-order valence-corrected chi connectivity index (χ3v) is 6.32. The number of nitrogens with one attached hydrogen (secondary N) is 2. The summed E-state index contributed by atoms with van der Waals surface area (Å²) in [5, 5.41) is 11.2. The van der Waals surface area contributed by atoms with Crippen molar-refractivity contribution in [1.29, 1.82) is 5.41 Å². The lowest BCUT2D eigenvalue weighted by molar-refractivity contribution is 0.00578. The van der Waals surface area contributed by atoms with Gasteiger partial charge in [0.25, 0.3) is 0 Å². The van der Waals surface area contributed by atoms with Gasteiger partial charge in [-0.15, -0.1) is 0 Å². The molecule has 6 nitrogen and oxygen atoms in total. The van der Waals surface area contributed by atoms with Gasteiger partial charge in [-0.1, -0.05) is 12.1 Å². The van der Waals surface area contributed by atoms with Crippen molar-refractivity contribution >= 4 is 24.5 Å². The van der Waals surface area contributed by atoms with Gasteiger partial charge in [-0.05, 0) is 59.2 Å². The van der Waals surface area contributed by atoms with E-state index in [1.54, 1.807) is 0 Å². The fourth-order valence-electron chi connectivity index (χ4n) is 3.58. The fraction of sp³-hybridized carbons (Fsp3) is 0.667. The first-order valence-corrected chi connectivity index (χ1v) is 10.4. The predicted molar refractivity (Wildman–Crippen MR) is 117 cm³/mol. The molecule has 2 fully saturated rings. The Morgan fingerprint density at radius 1 is 1.11 bits per heavy atom. The molecule has 3 rings (SSSR count). The van der Waals surface area contributed by atoms with Crippen molar-refractivity contribution in [2.24, 2.45) is 0 Å². The van der Waals surface area contributed by atoms with Crippen LogP contribution >= 0.6 is 0 Å². The SMILES string of the molecule is CN1CCN(CCCNc2cc(B3OC(C)(C)C(C)(C)O3)ccc2C=N)CC1. The van der Waals surface area contributed by atoms with E-state index >= 15 is 0 Å². The first-order valence-electron chi connectivity index (χ1n) is 10.4. The van der Waals surface area contributed by atoms with Gasteiger partial charge in [0.2, 0.25) is 0 Å². The number of rotatable bonds is 7. The maximum atomic E-state index is 7.71. The topological polar surface area (TPSA) is 60.8 Å². The minimum absolute atomic E-state index is 0.353. The summed E-state index contributed by atoms with van der Waals surface area (Å²) >= 11 is 0. The van der Waals surface area contributed by atoms with Crippen LogP contribution in [0.5, 0.6) is 0 Å². The second-order valence-electron chi connectivity index (χ2n) is 9.00. The van der Waals surface area contributed by atoms with Gasteiger partial charge >= 0.3 is 7.12 Å². The van der Waals surface area contributed by atoms with Crippen LogP contribution in [0.25, 0.3) is 0 Å². The Bertz CT molecular complexity index is 671. The lowest BCUT2D eigenvalue weighted by Gasteiger charge is -2.32. The molecule has 0 atom stereocenters. The van der Waals surface area contributed by atoms with Crippen LogP contribution in [0.15, 0.2) is 18.2 Å². The van der Waals surface area contributed by atoms with Crippen LogP contribution in [0.1, 0.15) is 39.7 Å². The monoisotopic (exact) mass is 386 g/mol. The van der Waals surface area contributed by atoms with Crippen LogP contribution in [0.2, 0.25) is 0 Å². The molecule has 0 radical (unpaired) electrons. The smallest absolute Gasteiger partial charge is 0.399 e. The molecule has 2 N–H and O–H groups in total. The van der Waals surface area contributed by atoms with E-state index in [9.17, 15) is 0 Å². The lowest BCUT2D eigenvalue weighted by Crippen LogP contribution is -2.44. The van der Waals surface area contributed by atoms with Gasteiger partial charge in [-0.2, -0.15) is 0 Å². The van der Waals surface area contributed by atoms with Crippen LogP contribution < -0.4 is 10.8 Å². The number of piperazine rings is 1. The van der Waals surface area contributed by atoms with Crippen molar-refractivity contribution in [2.45, 2.75) is 45.3 Å². The summed E-state index contributed by atoms with van der Waals surface area (Å²) < 4.78 is 12.3. The molecule has 0 aliphatic carbocycles. The van der Waals surface area contributed by atoms with Gasteiger partial charge in [-0.25, -0.2) is 0 Å². The fourth-order valence-corrected chi connectivity index (χ4v) is 3.58. The van der Waals surface area contributed by atoms with E-state index in [1.165, 1.54) is 6.21 Å². The van der Waals surface area contributed by atoms with Gasteiger partial charge < -0.3 is 29.8 Å². The predicted octanol–water partition coefficient (Wildman–Crippen LogP) is 2.03. The quantitative estimate of drug-likeness (QED) is 0.427. The maximum Gasteiger partial charge on any atom is 0.494 e. The Hall–Kier alpha value is -1.41. The Balaban J connectivity index is 1.58. The summed E-state index contributed by atoms with van der Waals surface area (Å²) in [5.74, 6) is 0. The Morgan fingerprint density at radius 2 is 1.75 bits per heavy atom. The zero-order valence-corrected chi connectivity index (χ0v) is 18.0. The summed E-state index contributed by atoms with van der Waals surface area (Å²) in [5.41, 5.74) is 2.15. The molecule has 2 heterocycles. The Morgan fingerprint density at radius 3 is 2.36 bits per heavy atom. The van der Waals surface area contributed by atoms with Gasteiger partial charge in [0, 0.05) is 50.2 Å². The van der Waals surface area contributed by atoms with E-state index in [0.29, 0.717) is 0 Å². The minimum Gasteiger partial charge on any atom is -0.399 e. The average Bonchev–Trinajstić information content (AvgIpc) is 2.87. The van der Waals surface area contributed by atoms with Crippen molar-refractivity contribution in [2.75, 3.05) is 51.6 Å². The molecule has 0 amide bonds. The number of anilines is 1. The second-order valence-corrected chi connectivity index (χ2v) is 9.00. The highest BCUT2D eigenvalue weighted by atomic mass is 16.7. The molecule has 0 aromatic heterocycles. The van der Waals surface area contributed by atoms with E-state index in [2.05, 4.69) is 55.9 Å². The summed E-state index contributed by atoms with van der Waals surface area (Å²) in [4.78, 5) is 4.91. The highest BCUT2D eigenvalue weighted by Gasteiger charge is 2.51. The molecule has 0 spiro atoms. The number of benzene rings is 1. The number of nitrogens with zero attached hydrogens (tertiary/aromatic N) is 2. The van der Waals surface area contributed by atoms with E-state index in [1.807, 2.05) is 12.1 Å². The van der Waals surface area contributed by atoms with Crippen molar-refractivity contribution in [3.05, 3.63) is 23.8 Å². The third kappa shape index (κ3) is 4.77. The highest BCUT2D eigenvalue weighted by molar-refractivity contribution is 6.62. The first kappa shape index (κ1) is 21.3. The number of hydrogen-bond donors (Lipinski definition) is 2. The molecule has 0 bridgehead atoms. The molecule has 2 aliphatic heterocycles. The molecule has 2 aliphatic rings.